The minimum absolute atomic E-state index is 0.0200. The van der Waals surface area contributed by atoms with E-state index >= 15 is 0 Å². The van der Waals surface area contributed by atoms with E-state index in [1.807, 2.05) is 30.3 Å². The summed E-state index contributed by atoms with van der Waals surface area (Å²) in [6, 6.07) is 8.49. The molecule has 0 aliphatic carbocycles. The maximum Gasteiger partial charge on any atom is 0.355 e. The molecule has 2 aliphatic heterocycles. The number of nitrogens with zero attached hydrogens (tertiary/aromatic N) is 1. The van der Waals surface area contributed by atoms with Crippen LogP contribution in [-0.4, -0.2) is 56.7 Å². The smallest absolute Gasteiger partial charge is 0.355 e. The third kappa shape index (κ3) is 5.12. The highest BCUT2D eigenvalue weighted by atomic mass is 32.2. The molecule has 8 heteroatoms. The average Bonchev–Trinajstić information content (AvgIpc) is 2.70. The lowest BCUT2D eigenvalue weighted by molar-refractivity contribution is -0.159. The van der Waals surface area contributed by atoms with Gasteiger partial charge < -0.3 is 15.2 Å². The highest BCUT2D eigenvalue weighted by Crippen LogP contribution is 2.42. The summed E-state index contributed by atoms with van der Waals surface area (Å²) < 4.78 is 5.48. The molecule has 164 valence electrons. The molecule has 0 aromatic heterocycles. The van der Waals surface area contributed by atoms with Crippen molar-refractivity contribution < 1.29 is 24.2 Å². The van der Waals surface area contributed by atoms with Gasteiger partial charge in [-0.15, -0.1) is 24.1 Å². The van der Waals surface area contributed by atoms with Crippen LogP contribution in [0.5, 0.6) is 0 Å². The first-order valence-corrected chi connectivity index (χ1v) is 11.0. The second-order valence-electron chi connectivity index (χ2n) is 8.42. The molecule has 2 aliphatic rings. The fourth-order valence-electron chi connectivity index (χ4n) is 3.45. The van der Waals surface area contributed by atoms with Crippen LogP contribution < -0.4 is 5.32 Å². The topological polar surface area (TPSA) is 95.9 Å². The first-order chi connectivity index (χ1) is 14.6. The Balaban J connectivity index is 1.79. The Morgan fingerprint density at radius 2 is 2.03 bits per heavy atom. The molecule has 1 fully saturated rings. The van der Waals surface area contributed by atoms with Crippen molar-refractivity contribution >= 4 is 29.5 Å². The number of terminal acetylenes is 1. The van der Waals surface area contributed by atoms with Crippen LogP contribution >= 0.6 is 11.8 Å². The van der Waals surface area contributed by atoms with E-state index in [4.69, 9.17) is 11.2 Å². The number of fused-ring (bicyclic) bond motifs is 1. The van der Waals surface area contributed by atoms with Crippen molar-refractivity contribution in [3.63, 3.8) is 0 Å². The van der Waals surface area contributed by atoms with E-state index in [0.29, 0.717) is 11.3 Å². The van der Waals surface area contributed by atoms with Gasteiger partial charge in [0, 0.05) is 17.7 Å². The number of amides is 2. The Labute approximate surface area is 186 Å². The predicted octanol–water partition coefficient (Wildman–Crippen LogP) is 1.61. The Kier molecular flexibility index (Phi) is 6.77. The molecular formula is C23H26N2O5S. The van der Waals surface area contributed by atoms with Crippen LogP contribution in [0.3, 0.4) is 0 Å². The maximum atomic E-state index is 12.9. The molecule has 0 radical (unpaired) electrons. The number of aliphatic hydroxyl groups excluding tert-OH is 1. The number of esters is 1. The molecule has 7 nitrogen and oxygen atoms in total. The van der Waals surface area contributed by atoms with E-state index in [2.05, 4.69) is 11.2 Å². The molecule has 0 unspecified atom stereocenters. The number of thioether (sulfide) groups is 1. The van der Waals surface area contributed by atoms with E-state index in [9.17, 15) is 19.5 Å². The van der Waals surface area contributed by atoms with Gasteiger partial charge in [0.25, 0.3) is 5.91 Å². The zero-order chi connectivity index (χ0) is 22.8. The van der Waals surface area contributed by atoms with Crippen molar-refractivity contribution in [3.05, 3.63) is 47.2 Å². The van der Waals surface area contributed by atoms with E-state index in [1.165, 1.54) is 16.7 Å². The molecule has 1 saturated heterocycles. The second-order valence-corrected chi connectivity index (χ2v) is 9.52. The van der Waals surface area contributed by atoms with Crippen LogP contribution in [-0.2, 0) is 25.5 Å². The largest absolute Gasteiger partial charge is 0.455 e. The van der Waals surface area contributed by atoms with Crippen LogP contribution in [0.15, 0.2) is 41.6 Å². The van der Waals surface area contributed by atoms with E-state index in [1.54, 1.807) is 20.8 Å². The fraction of sp³-hybridized carbons (Fsp3) is 0.435. The van der Waals surface area contributed by atoms with Crippen molar-refractivity contribution in [1.29, 1.82) is 0 Å². The number of ether oxygens (including phenoxy) is 1. The standard InChI is InChI=1S/C23H26N2O5S/c1-5-9-16(26)15-13-31-21-18(24-17(27)12-14-10-7-6-8-11-14)20(28)25(21)19(15)22(29)30-23(2,3)4/h1,6-8,10-11,16,18,21,26H,9,12-13H2,2-4H3,(H,24,27)/t16-,18+,21+/m0/s1. The van der Waals surface area contributed by atoms with Gasteiger partial charge in [-0.3, -0.25) is 14.5 Å². The lowest BCUT2D eigenvalue weighted by Gasteiger charge is -2.50. The first-order valence-electron chi connectivity index (χ1n) is 9.98. The van der Waals surface area contributed by atoms with Crippen molar-refractivity contribution in [2.75, 3.05) is 5.75 Å². The summed E-state index contributed by atoms with van der Waals surface area (Å²) in [7, 11) is 0. The molecule has 3 atom stereocenters. The molecule has 2 amide bonds. The van der Waals surface area contributed by atoms with Crippen LogP contribution in [0.1, 0.15) is 32.8 Å². The normalized spacial score (nSPS) is 21.5. The van der Waals surface area contributed by atoms with Gasteiger partial charge in [0.2, 0.25) is 5.91 Å². The Morgan fingerprint density at radius 1 is 1.35 bits per heavy atom. The summed E-state index contributed by atoms with van der Waals surface area (Å²) >= 11 is 1.37. The number of carbonyl (C=O) groups excluding carboxylic acids is 3. The molecule has 0 saturated carbocycles. The molecule has 0 spiro atoms. The van der Waals surface area contributed by atoms with Gasteiger partial charge in [0.15, 0.2) is 0 Å². The van der Waals surface area contributed by atoms with Crippen LogP contribution in [0.2, 0.25) is 0 Å². The van der Waals surface area contributed by atoms with E-state index < -0.39 is 35.0 Å². The number of hydrogen-bond donors (Lipinski definition) is 2. The number of carbonyl (C=O) groups is 3. The predicted molar refractivity (Wildman–Crippen MR) is 117 cm³/mol. The fourth-order valence-corrected chi connectivity index (χ4v) is 4.87. The van der Waals surface area contributed by atoms with Gasteiger partial charge in [-0.05, 0) is 26.3 Å². The Hall–Kier alpha value is -2.76. The first kappa shape index (κ1) is 22.9. The summed E-state index contributed by atoms with van der Waals surface area (Å²) in [6.07, 6.45) is 4.44. The second kappa shape index (κ2) is 9.16. The Morgan fingerprint density at radius 3 is 2.65 bits per heavy atom. The monoisotopic (exact) mass is 442 g/mol. The van der Waals surface area contributed by atoms with Gasteiger partial charge in [0.05, 0.1) is 12.5 Å². The van der Waals surface area contributed by atoms with Gasteiger partial charge >= 0.3 is 5.97 Å². The summed E-state index contributed by atoms with van der Waals surface area (Å²) in [4.78, 5) is 39.6. The number of benzene rings is 1. The molecule has 31 heavy (non-hydrogen) atoms. The molecule has 1 aromatic rings. The highest BCUT2D eigenvalue weighted by molar-refractivity contribution is 8.00. The highest BCUT2D eigenvalue weighted by Gasteiger charge is 2.55. The molecule has 1 aromatic carbocycles. The zero-order valence-electron chi connectivity index (χ0n) is 17.8. The van der Waals surface area contributed by atoms with Crippen molar-refractivity contribution in [2.45, 2.75) is 56.7 Å². The SMILES string of the molecule is C#CC[C@H](O)C1=C(C(=O)OC(C)(C)C)N2C(=O)[C@@H](NC(=O)Cc3ccccc3)[C@H]2SC1. The lowest BCUT2D eigenvalue weighted by atomic mass is 9.98. The number of rotatable bonds is 6. The van der Waals surface area contributed by atoms with Crippen LogP contribution in [0, 0.1) is 12.3 Å². The van der Waals surface area contributed by atoms with Crippen molar-refractivity contribution in [1.82, 2.24) is 10.2 Å². The van der Waals surface area contributed by atoms with Crippen molar-refractivity contribution in [2.24, 2.45) is 0 Å². The van der Waals surface area contributed by atoms with E-state index in [0.717, 1.165) is 5.56 Å². The Bertz CT molecular complexity index is 945. The minimum Gasteiger partial charge on any atom is -0.455 e. The van der Waals surface area contributed by atoms with Gasteiger partial charge in [0.1, 0.15) is 22.7 Å². The third-order valence-corrected chi connectivity index (χ3v) is 6.13. The molecule has 0 bridgehead atoms. The summed E-state index contributed by atoms with van der Waals surface area (Å²) in [5.41, 5.74) is 0.466. The number of hydrogen-bond acceptors (Lipinski definition) is 6. The van der Waals surface area contributed by atoms with Crippen LogP contribution in [0.4, 0.5) is 0 Å². The van der Waals surface area contributed by atoms with E-state index in [-0.39, 0.29) is 24.4 Å². The summed E-state index contributed by atoms with van der Waals surface area (Å²) in [5.74, 6) is 1.31. The quantitative estimate of drug-likeness (QED) is 0.395. The van der Waals surface area contributed by atoms with Gasteiger partial charge in [-0.1, -0.05) is 30.3 Å². The molecule has 3 rings (SSSR count). The third-order valence-electron chi connectivity index (χ3n) is 4.83. The average molecular weight is 443 g/mol. The summed E-state index contributed by atoms with van der Waals surface area (Å²) in [5, 5.41) is 12.8. The molecule has 2 heterocycles. The van der Waals surface area contributed by atoms with Gasteiger partial charge in [-0.2, -0.15) is 0 Å². The maximum absolute atomic E-state index is 12.9. The van der Waals surface area contributed by atoms with Gasteiger partial charge in [-0.25, -0.2) is 4.79 Å². The number of aliphatic hydroxyl groups is 1. The number of β-lactam (4-membered cyclic amide) rings is 1. The zero-order valence-corrected chi connectivity index (χ0v) is 18.6. The lowest BCUT2D eigenvalue weighted by Crippen LogP contribution is -2.71. The van der Waals surface area contributed by atoms with Crippen molar-refractivity contribution in [3.8, 4) is 12.3 Å². The molecule has 2 N–H and O–H groups in total. The van der Waals surface area contributed by atoms with Crippen LogP contribution in [0.25, 0.3) is 0 Å². The molecular weight excluding hydrogens is 416 g/mol. The summed E-state index contributed by atoms with van der Waals surface area (Å²) in [6.45, 7) is 5.17. The number of nitrogens with one attached hydrogen (secondary N) is 1. The minimum atomic E-state index is -1.06.